The van der Waals surface area contributed by atoms with Gasteiger partial charge in [0, 0.05) is 26.2 Å². The SMILES string of the molecule is CCNC(=NCc1nncn1CC)NC1CN(C(=O)OC(C)(C)C)C1.I. The molecule has 2 rings (SSSR count). The maximum absolute atomic E-state index is 12.0. The number of hydrogen-bond donors (Lipinski definition) is 2. The highest BCUT2D eigenvalue weighted by atomic mass is 127. The molecule has 1 amide bonds. The summed E-state index contributed by atoms with van der Waals surface area (Å²) >= 11 is 0. The molecule has 0 saturated carbocycles. The predicted molar refractivity (Wildman–Crippen MR) is 111 cm³/mol. The fourth-order valence-corrected chi connectivity index (χ4v) is 2.37. The molecule has 1 saturated heterocycles. The second-order valence-electron chi connectivity index (χ2n) is 6.95. The van der Waals surface area contributed by atoms with Crippen LogP contribution in [0.1, 0.15) is 40.4 Å². The van der Waals surface area contributed by atoms with Crippen LogP contribution in [0.25, 0.3) is 0 Å². The number of nitrogens with one attached hydrogen (secondary N) is 2. The summed E-state index contributed by atoms with van der Waals surface area (Å²) < 4.78 is 7.32. The van der Waals surface area contributed by atoms with E-state index in [1.807, 2.05) is 39.2 Å². The van der Waals surface area contributed by atoms with Crippen LogP contribution in [0.3, 0.4) is 0 Å². The lowest BCUT2D eigenvalue weighted by atomic mass is 10.1. The molecule has 148 valence electrons. The molecule has 1 aliphatic heterocycles. The number of guanidine groups is 1. The van der Waals surface area contributed by atoms with E-state index in [1.54, 1.807) is 11.2 Å². The van der Waals surface area contributed by atoms with Crippen molar-refractivity contribution < 1.29 is 9.53 Å². The number of hydrogen-bond acceptors (Lipinski definition) is 5. The van der Waals surface area contributed by atoms with Gasteiger partial charge in [-0.25, -0.2) is 9.79 Å². The minimum atomic E-state index is -0.471. The molecule has 1 aliphatic rings. The first-order valence-corrected chi connectivity index (χ1v) is 8.71. The van der Waals surface area contributed by atoms with Gasteiger partial charge < -0.3 is 24.8 Å². The fraction of sp³-hybridized carbons (Fsp3) is 0.750. The minimum absolute atomic E-state index is 0. The molecule has 0 aromatic carbocycles. The summed E-state index contributed by atoms with van der Waals surface area (Å²) in [6, 6.07) is 0.161. The second kappa shape index (κ2) is 9.93. The largest absolute Gasteiger partial charge is 0.444 e. The number of rotatable bonds is 5. The normalized spacial score (nSPS) is 15.1. The minimum Gasteiger partial charge on any atom is -0.444 e. The number of amides is 1. The van der Waals surface area contributed by atoms with Crippen LogP contribution in [0.15, 0.2) is 11.3 Å². The summed E-state index contributed by atoms with van der Waals surface area (Å²) in [4.78, 5) is 18.2. The molecule has 9 nitrogen and oxygen atoms in total. The molecule has 2 N–H and O–H groups in total. The van der Waals surface area contributed by atoms with Gasteiger partial charge >= 0.3 is 6.09 Å². The molecular weight excluding hydrogens is 449 g/mol. The maximum atomic E-state index is 12.0. The Kier molecular flexibility index (Phi) is 8.57. The number of aryl methyl sites for hydroxylation is 1. The zero-order valence-corrected chi connectivity index (χ0v) is 18.5. The average Bonchev–Trinajstić information content (AvgIpc) is 2.93. The standard InChI is InChI=1S/C16H29N7O2.HI/c1-6-17-14(18-8-13-21-19-11-22(13)7-2)20-12-9-23(10-12)15(24)25-16(3,4)5;/h11-12H,6-10H2,1-5H3,(H2,17,18,20);1H. The maximum Gasteiger partial charge on any atom is 0.410 e. The Labute approximate surface area is 172 Å². The van der Waals surface area contributed by atoms with Crippen LogP contribution < -0.4 is 10.6 Å². The Morgan fingerprint density at radius 2 is 2.08 bits per heavy atom. The number of likely N-dealkylation sites (tertiary alicyclic amines) is 1. The van der Waals surface area contributed by atoms with E-state index < -0.39 is 5.60 Å². The molecule has 0 unspecified atom stereocenters. The van der Waals surface area contributed by atoms with Gasteiger partial charge in [0.1, 0.15) is 18.5 Å². The number of aromatic nitrogens is 3. The van der Waals surface area contributed by atoms with Crippen molar-refractivity contribution in [1.82, 2.24) is 30.3 Å². The molecule has 0 spiro atoms. The Balaban J connectivity index is 0.00000338. The van der Waals surface area contributed by atoms with Crippen LogP contribution in [-0.4, -0.2) is 63.0 Å². The predicted octanol–water partition coefficient (Wildman–Crippen LogP) is 1.59. The van der Waals surface area contributed by atoms with Gasteiger partial charge in [0.15, 0.2) is 11.8 Å². The molecule has 1 aromatic heterocycles. The van der Waals surface area contributed by atoms with Gasteiger partial charge in [-0.05, 0) is 34.6 Å². The van der Waals surface area contributed by atoms with Crippen LogP contribution in [-0.2, 0) is 17.8 Å². The van der Waals surface area contributed by atoms with E-state index in [9.17, 15) is 4.79 Å². The number of carbonyl (C=O) groups is 1. The highest BCUT2D eigenvalue weighted by Crippen LogP contribution is 2.15. The molecular formula is C16H30IN7O2. The van der Waals surface area contributed by atoms with Crippen molar-refractivity contribution in [1.29, 1.82) is 0 Å². The highest BCUT2D eigenvalue weighted by molar-refractivity contribution is 14.0. The molecule has 1 aromatic rings. The van der Waals surface area contributed by atoms with Crippen molar-refractivity contribution in [2.45, 2.75) is 59.4 Å². The van der Waals surface area contributed by atoms with E-state index in [-0.39, 0.29) is 36.1 Å². The number of ether oxygens (including phenoxy) is 1. The Hall–Kier alpha value is -1.59. The lowest BCUT2D eigenvalue weighted by molar-refractivity contribution is 0.00701. The van der Waals surface area contributed by atoms with Crippen molar-refractivity contribution in [2.24, 2.45) is 4.99 Å². The molecule has 0 radical (unpaired) electrons. The van der Waals surface area contributed by atoms with Gasteiger partial charge in [0.05, 0.1) is 6.04 Å². The second-order valence-corrected chi connectivity index (χ2v) is 6.95. The summed E-state index contributed by atoms with van der Waals surface area (Å²) in [5, 5.41) is 14.5. The average molecular weight is 479 g/mol. The van der Waals surface area contributed by atoms with Gasteiger partial charge in [-0.2, -0.15) is 0 Å². The van der Waals surface area contributed by atoms with Crippen LogP contribution in [0, 0.1) is 0 Å². The van der Waals surface area contributed by atoms with Gasteiger partial charge in [0.2, 0.25) is 0 Å². The Bertz CT molecular complexity index is 606. The zero-order chi connectivity index (χ0) is 18.4. The summed E-state index contributed by atoms with van der Waals surface area (Å²) in [6.45, 7) is 12.9. The Morgan fingerprint density at radius 3 is 2.65 bits per heavy atom. The lowest BCUT2D eigenvalue weighted by Crippen LogP contribution is -2.63. The number of halogens is 1. The van der Waals surface area contributed by atoms with E-state index in [4.69, 9.17) is 4.74 Å². The van der Waals surface area contributed by atoms with Crippen LogP contribution >= 0.6 is 24.0 Å². The van der Waals surface area contributed by atoms with E-state index in [0.717, 1.165) is 18.9 Å². The van der Waals surface area contributed by atoms with Crippen molar-refractivity contribution in [3.8, 4) is 0 Å². The molecule has 1 fully saturated rings. The van der Waals surface area contributed by atoms with Crippen molar-refractivity contribution in [2.75, 3.05) is 19.6 Å². The fourth-order valence-electron chi connectivity index (χ4n) is 2.37. The third-order valence-electron chi connectivity index (χ3n) is 3.63. The van der Waals surface area contributed by atoms with Gasteiger partial charge in [-0.3, -0.25) is 0 Å². The summed E-state index contributed by atoms with van der Waals surface area (Å²) in [7, 11) is 0. The summed E-state index contributed by atoms with van der Waals surface area (Å²) in [6.07, 6.45) is 1.43. The van der Waals surface area contributed by atoms with Crippen molar-refractivity contribution in [3.05, 3.63) is 12.2 Å². The molecule has 10 heteroatoms. The molecule has 0 atom stereocenters. The van der Waals surface area contributed by atoms with E-state index in [2.05, 4.69) is 25.8 Å². The molecule has 26 heavy (non-hydrogen) atoms. The molecule has 0 aliphatic carbocycles. The van der Waals surface area contributed by atoms with Crippen LogP contribution in [0.5, 0.6) is 0 Å². The molecule has 2 heterocycles. The van der Waals surface area contributed by atoms with Crippen LogP contribution in [0.2, 0.25) is 0 Å². The molecule has 0 bridgehead atoms. The third-order valence-corrected chi connectivity index (χ3v) is 3.63. The highest BCUT2D eigenvalue weighted by Gasteiger charge is 2.34. The quantitative estimate of drug-likeness (QED) is 0.379. The first-order valence-electron chi connectivity index (χ1n) is 8.71. The van der Waals surface area contributed by atoms with E-state index in [1.165, 1.54) is 0 Å². The van der Waals surface area contributed by atoms with Crippen molar-refractivity contribution >= 4 is 36.0 Å². The number of carbonyl (C=O) groups excluding carboxylic acids is 1. The lowest BCUT2D eigenvalue weighted by Gasteiger charge is -2.40. The van der Waals surface area contributed by atoms with E-state index in [0.29, 0.717) is 25.6 Å². The number of nitrogens with zero attached hydrogens (tertiary/aromatic N) is 5. The summed E-state index contributed by atoms with van der Waals surface area (Å²) in [5.74, 6) is 1.53. The third kappa shape index (κ3) is 6.61. The number of aliphatic imine (C=N–C) groups is 1. The first-order chi connectivity index (χ1) is 11.8. The van der Waals surface area contributed by atoms with Gasteiger partial charge in [-0.1, -0.05) is 0 Å². The zero-order valence-electron chi connectivity index (χ0n) is 16.2. The first kappa shape index (κ1) is 22.5. The van der Waals surface area contributed by atoms with Crippen LogP contribution in [0.4, 0.5) is 4.79 Å². The van der Waals surface area contributed by atoms with E-state index >= 15 is 0 Å². The monoisotopic (exact) mass is 479 g/mol. The topological polar surface area (TPSA) is 96.7 Å². The summed E-state index contributed by atoms with van der Waals surface area (Å²) in [5.41, 5.74) is -0.471. The van der Waals surface area contributed by atoms with Crippen molar-refractivity contribution in [3.63, 3.8) is 0 Å². The smallest absolute Gasteiger partial charge is 0.410 e. The Morgan fingerprint density at radius 1 is 1.38 bits per heavy atom. The van der Waals surface area contributed by atoms with Gasteiger partial charge in [0.25, 0.3) is 0 Å². The van der Waals surface area contributed by atoms with Gasteiger partial charge in [-0.15, -0.1) is 34.2 Å².